The number of carbonyl (C=O) groups is 2. The topological polar surface area (TPSA) is 46.6 Å². The Morgan fingerprint density at radius 1 is 1.38 bits per heavy atom. The highest BCUT2D eigenvalue weighted by molar-refractivity contribution is 6.34. The summed E-state index contributed by atoms with van der Waals surface area (Å²) < 4.78 is 5.05. The minimum atomic E-state index is -0.222. The number of hydrogen-bond acceptors (Lipinski definition) is 3. The molecule has 1 fully saturated rings. The number of Topliss-reactive ketones (excluding diaryl/α,β-unsaturated/α-hetero) is 1. The zero-order chi connectivity index (χ0) is 11.7. The van der Waals surface area contributed by atoms with E-state index in [1.807, 2.05) is 0 Å². The van der Waals surface area contributed by atoms with Crippen LogP contribution in [-0.2, 0) is 9.59 Å². The molecule has 0 unspecified atom stereocenters. The highest BCUT2D eigenvalue weighted by Crippen LogP contribution is 2.32. The predicted octanol–water partition coefficient (Wildman–Crippen LogP) is 1.65. The van der Waals surface area contributed by atoms with Crippen LogP contribution in [0.15, 0.2) is 18.2 Å². The van der Waals surface area contributed by atoms with Crippen molar-refractivity contribution < 1.29 is 14.3 Å². The number of methoxy groups -OCH3 is 1. The predicted molar refractivity (Wildman–Crippen MR) is 60.0 cm³/mol. The van der Waals surface area contributed by atoms with Crippen LogP contribution in [0.2, 0.25) is 5.02 Å². The van der Waals surface area contributed by atoms with Crippen molar-refractivity contribution in [1.29, 1.82) is 0 Å². The van der Waals surface area contributed by atoms with Gasteiger partial charge in [-0.1, -0.05) is 11.6 Å². The van der Waals surface area contributed by atoms with Gasteiger partial charge in [-0.2, -0.15) is 0 Å². The second-order valence-corrected chi connectivity index (χ2v) is 3.92. The van der Waals surface area contributed by atoms with Crippen molar-refractivity contribution in [3.63, 3.8) is 0 Å². The number of anilines is 1. The zero-order valence-corrected chi connectivity index (χ0v) is 9.45. The molecule has 4 nitrogen and oxygen atoms in total. The molecule has 0 aliphatic carbocycles. The van der Waals surface area contributed by atoms with Crippen LogP contribution in [0.5, 0.6) is 5.75 Å². The molecule has 0 saturated carbocycles. The van der Waals surface area contributed by atoms with Gasteiger partial charge < -0.3 is 9.64 Å². The molecule has 2 rings (SSSR count). The standard InChI is InChI=1S/C11H10ClNO3/c1-16-8-2-3-9(12)10(5-8)13-6-7(14)4-11(13)15/h2-3,5H,4,6H2,1H3. The fraction of sp³-hybridized carbons (Fsp3) is 0.273. The molecule has 0 atom stereocenters. The van der Waals surface area contributed by atoms with Gasteiger partial charge in [0.15, 0.2) is 5.78 Å². The summed E-state index contributed by atoms with van der Waals surface area (Å²) in [5.74, 6) is 0.288. The minimum Gasteiger partial charge on any atom is -0.497 e. The van der Waals surface area contributed by atoms with E-state index >= 15 is 0 Å². The van der Waals surface area contributed by atoms with Gasteiger partial charge >= 0.3 is 0 Å². The monoisotopic (exact) mass is 239 g/mol. The van der Waals surface area contributed by atoms with Crippen LogP contribution in [0.4, 0.5) is 5.69 Å². The van der Waals surface area contributed by atoms with Gasteiger partial charge in [0.25, 0.3) is 0 Å². The molecule has 5 heteroatoms. The van der Waals surface area contributed by atoms with Crippen molar-refractivity contribution in [1.82, 2.24) is 0 Å². The van der Waals surface area contributed by atoms with Gasteiger partial charge in [0, 0.05) is 6.07 Å². The third-order valence-electron chi connectivity index (χ3n) is 2.43. The van der Waals surface area contributed by atoms with Crippen LogP contribution >= 0.6 is 11.6 Å². The fourth-order valence-corrected chi connectivity index (χ4v) is 1.85. The van der Waals surface area contributed by atoms with E-state index in [1.165, 1.54) is 12.0 Å². The van der Waals surface area contributed by atoms with Gasteiger partial charge in [-0.25, -0.2) is 0 Å². The van der Waals surface area contributed by atoms with Crippen LogP contribution in [0.3, 0.4) is 0 Å². The molecule has 0 radical (unpaired) electrons. The lowest BCUT2D eigenvalue weighted by Crippen LogP contribution is -2.24. The van der Waals surface area contributed by atoms with E-state index in [4.69, 9.17) is 16.3 Å². The first kappa shape index (κ1) is 11.0. The molecule has 0 aromatic heterocycles. The van der Waals surface area contributed by atoms with Crippen molar-refractivity contribution in [3.8, 4) is 5.75 Å². The Balaban J connectivity index is 2.39. The SMILES string of the molecule is COc1ccc(Cl)c(N2CC(=O)CC2=O)c1. The lowest BCUT2D eigenvalue weighted by atomic mass is 10.2. The van der Waals surface area contributed by atoms with Crippen molar-refractivity contribution >= 4 is 29.0 Å². The average Bonchev–Trinajstić information content (AvgIpc) is 2.58. The molecule has 1 aromatic rings. The van der Waals surface area contributed by atoms with Crippen LogP contribution in [0, 0.1) is 0 Å². The molecule has 0 bridgehead atoms. The number of ether oxygens (including phenoxy) is 1. The normalized spacial score (nSPS) is 15.8. The van der Waals surface area contributed by atoms with Gasteiger partial charge in [-0.05, 0) is 12.1 Å². The molecule has 16 heavy (non-hydrogen) atoms. The molecule has 0 spiro atoms. The van der Waals surface area contributed by atoms with Gasteiger partial charge in [0.2, 0.25) is 5.91 Å². The second-order valence-electron chi connectivity index (χ2n) is 3.51. The molecule has 1 saturated heterocycles. The van der Waals surface area contributed by atoms with E-state index in [-0.39, 0.29) is 24.7 Å². The smallest absolute Gasteiger partial charge is 0.234 e. The van der Waals surface area contributed by atoms with E-state index in [0.29, 0.717) is 16.5 Å². The maximum Gasteiger partial charge on any atom is 0.234 e. The number of hydrogen-bond donors (Lipinski definition) is 0. The first-order valence-corrected chi connectivity index (χ1v) is 5.15. The Morgan fingerprint density at radius 2 is 2.12 bits per heavy atom. The van der Waals surface area contributed by atoms with Crippen molar-refractivity contribution in [2.45, 2.75) is 6.42 Å². The number of nitrogens with zero attached hydrogens (tertiary/aromatic N) is 1. The van der Waals surface area contributed by atoms with Crippen molar-refractivity contribution in [2.75, 3.05) is 18.6 Å². The van der Waals surface area contributed by atoms with Crippen LogP contribution in [0.25, 0.3) is 0 Å². The number of amides is 1. The Kier molecular flexibility index (Phi) is 2.83. The Hall–Kier alpha value is -1.55. The fourth-order valence-electron chi connectivity index (χ4n) is 1.63. The third kappa shape index (κ3) is 1.88. The van der Waals surface area contributed by atoms with Gasteiger partial charge in [0.1, 0.15) is 5.75 Å². The largest absolute Gasteiger partial charge is 0.497 e. The summed E-state index contributed by atoms with van der Waals surface area (Å²) in [4.78, 5) is 24.1. The molecule has 1 amide bonds. The summed E-state index contributed by atoms with van der Waals surface area (Å²) in [6.45, 7) is 0.0890. The molecule has 0 N–H and O–H groups in total. The van der Waals surface area contributed by atoms with Gasteiger partial charge in [-0.15, -0.1) is 0 Å². The minimum absolute atomic E-state index is 0.0481. The Labute approximate surface area is 97.7 Å². The second kappa shape index (κ2) is 4.14. The number of benzene rings is 1. The van der Waals surface area contributed by atoms with Crippen LogP contribution < -0.4 is 9.64 Å². The molecular weight excluding hydrogens is 230 g/mol. The molecule has 1 aromatic carbocycles. The number of carbonyl (C=O) groups excluding carboxylic acids is 2. The first-order valence-electron chi connectivity index (χ1n) is 4.77. The number of ketones is 1. The summed E-state index contributed by atoms with van der Waals surface area (Å²) >= 11 is 5.99. The van der Waals surface area contributed by atoms with Gasteiger partial charge in [0.05, 0.1) is 30.8 Å². The number of halogens is 1. The summed E-state index contributed by atoms with van der Waals surface area (Å²) in [6.07, 6.45) is -0.0481. The highest BCUT2D eigenvalue weighted by Gasteiger charge is 2.29. The van der Waals surface area contributed by atoms with E-state index < -0.39 is 0 Å². The maximum absolute atomic E-state index is 11.5. The first-order chi connectivity index (χ1) is 7.61. The van der Waals surface area contributed by atoms with E-state index in [1.54, 1.807) is 18.2 Å². The quantitative estimate of drug-likeness (QED) is 0.738. The average molecular weight is 240 g/mol. The van der Waals surface area contributed by atoms with Gasteiger partial charge in [-0.3, -0.25) is 9.59 Å². The van der Waals surface area contributed by atoms with Crippen LogP contribution in [0.1, 0.15) is 6.42 Å². The zero-order valence-electron chi connectivity index (χ0n) is 8.70. The summed E-state index contributed by atoms with van der Waals surface area (Å²) in [5, 5.41) is 0.434. The lowest BCUT2D eigenvalue weighted by Gasteiger charge is -2.17. The van der Waals surface area contributed by atoms with Crippen molar-refractivity contribution in [2.24, 2.45) is 0 Å². The van der Waals surface area contributed by atoms with Crippen LogP contribution in [-0.4, -0.2) is 25.3 Å². The van der Waals surface area contributed by atoms with Crippen molar-refractivity contribution in [3.05, 3.63) is 23.2 Å². The molecule has 84 valence electrons. The summed E-state index contributed by atoms with van der Waals surface area (Å²) in [7, 11) is 1.53. The Morgan fingerprint density at radius 3 is 2.69 bits per heavy atom. The van der Waals surface area contributed by atoms with E-state index in [2.05, 4.69) is 0 Å². The number of rotatable bonds is 2. The maximum atomic E-state index is 11.5. The lowest BCUT2D eigenvalue weighted by molar-refractivity contribution is -0.121. The van der Waals surface area contributed by atoms with E-state index in [0.717, 1.165) is 0 Å². The van der Waals surface area contributed by atoms with E-state index in [9.17, 15) is 9.59 Å². The summed E-state index contributed by atoms with van der Waals surface area (Å²) in [6, 6.07) is 5.00. The molecule has 1 aliphatic rings. The molecule has 1 heterocycles. The molecule has 1 aliphatic heterocycles. The Bertz CT molecular complexity index is 459. The third-order valence-corrected chi connectivity index (χ3v) is 2.75. The highest BCUT2D eigenvalue weighted by atomic mass is 35.5. The molecular formula is C11H10ClNO3. The summed E-state index contributed by atoms with van der Waals surface area (Å²) in [5.41, 5.74) is 0.525.